The van der Waals surface area contributed by atoms with Gasteiger partial charge >= 0.3 is 12.1 Å². The van der Waals surface area contributed by atoms with E-state index in [1.807, 2.05) is 0 Å². The van der Waals surface area contributed by atoms with Crippen molar-refractivity contribution in [3.05, 3.63) is 35.4 Å². The first-order valence-electron chi connectivity index (χ1n) is 8.14. The van der Waals surface area contributed by atoms with Crippen LogP contribution in [0.5, 0.6) is 0 Å². The zero-order valence-corrected chi connectivity index (χ0v) is 13.5. The highest BCUT2D eigenvalue weighted by Crippen LogP contribution is 2.43. The van der Waals surface area contributed by atoms with E-state index >= 15 is 0 Å². The molecule has 2 saturated heterocycles. The van der Waals surface area contributed by atoms with Crippen LogP contribution >= 0.6 is 0 Å². The molecule has 2 fully saturated rings. The molecule has 8 heteroatoms. The van der Waals surface area contributed by atoms with Gasteiger partial charge in [-0.1, -0.05) is 12.1 Å². The Morgan fingerprint density at radius 3 is 2.44 bits per heavy atom. The number of alkyl halides is 3. The van der Waals surface area contributed by atoms with Gasteiger partial charge in [0.15, 0.2) is 0 Å². The summed E-state index contributed by atoms with van der Waals surface area (Å²) in [7, 11) is 0. The van der Waals surface area contributed by atoms with Crippen LogP contribution in [0.15, 0.2) is 24.3 Å². The lowest BCUT2D eigenvalue weighted by atomic mass is 9.77. The van der Waals surface area contributed by atoms with Gasteiger partial charge in [-0.2, -0.15) is 13.2 Å². The molecule has 5 nitrogen and oxygen atoms in total. The molecule has 3 rings (SSSR count). The predicted octanol–water partition coefficient (Wildman–Crippen LogP) is 2.37. The van der Waals surface area contributed by atoms with Crippen LogP contribution in [-0.2, 0) is 11.0 Å². The van der Waals surface area contributed by atoms with E-state index in [-0.39, 0.29) is 18.4 Å². The summed E-state index contributed by atoms with van der Waals surface area (Å²) >= 11 is 0. The Labute approximate surface area is 142 Å². The van der Waals surface area contributed by atoms with E-state index in [1.165, 1.54) is 12.1 Å². The number of carboxylic acids is 1. The number of nitrogens with one attached hydrogen (secondary N) is 1. The molecule has 1 amide bonds. The largest absolute Gasteiger partial charge is 0.480 e. The average Bonchev–Trinajstić information content (AvgIpc) is 2.93. The number of nitrogens with zero attached hydrogens (tertiary/aromatic N) is 1. The van der Waals surface area contributed by atoms with Crippen molar-refractivity contribution in [1.29, 1.82) is 0 Å². The summed E-state index contributed by atoms with van der Waals surface area (Å²) in [5.41, 5.74) is -1.86. The molecule has 0 saturated carbocycles. The highest BCUT2D eigenvalue weighted by molar-refractivity contribution is 5.98. The van der Waals surface area contributed by atoms with Gasteiger partial charge in [0.2, 0.25) is 0 Å². The predicted molar refractivity (Wildman–Crippen MR) is 83.1 cm³/mol. The molecule has 1 unspecified atom stereocenters. The number of amides is 1. The molecule has 2 aliphatic heterocycles. The average molecular weight is 356 g/mol. The van der Waals surface area contributed by atoms with Crippen LogP contribution in [0.4, 0.5) is 13.2 Å². The maximum atomic E-state index is 13.2. The number of likely N-dealkylation sites (tertiary alicyclic amines) is 1. The zero-order chi connectivity index (χ0) is 18.2. The van der Waals surface area contributed by atoms with Crippen molar-refractivity contribution >= 4 is 11.9 Å². The summed E-state index contributed by atoms with van der Waals surface area (Å²) in [5.74, 6) is -2.04. The van der Waals surface area contributed by atoms with Gasteiger partial charge in [0.25, 0.3) is 5.91 Å². The fraction of sp³-hybridized carbons (Fsp3) is 0.529. The Hall–Kier alpha value is -2.09. The second-order valence-corrected chi connectivity index (χ2v) is 6.78. The molecular weight excluding hydrogens is 337 g/mol. The number of carboxylic acid groups (broad SMARTS) is 1. The molecule has 2 aliphatic rings. The molecule has 1 aromatic rings. The first-order valence-corrected chi connectivity index (χ1v) is 8.14. The Kier molecular flexibility index (Phi) is 4.49. The first-order chi connectivity index (χ1) is 11.7. The van der Waals surface area contributed by atoms with E-state index in [0.717, 1.165) is 17.0 Å². The van der Waals surface area contributed by atoms with Crippen molar-refractivity contribution in [3.63, 3.8) is 0 Å². The molecule has 25 heavy (non-hydrogen) atoms. The van der Waals surface area contributed by atoms with Gasteiger partial charge in [-0.05, 0) is 49.9 Å². The second-order valence-electron chi connectivity index (χ2n) is 6.78. The summed E-state index contributed by atoms with van der Waals surface area (Å²) in [4.78, 5) is 25.5. The van der Waals surface area contributed by atoms with E-state index in [1.54, 1.807) is 0 Å². The van der Waals surface area contributed by atoms with Gasteiger partial charge in [0, 0.05) is 6.54 Å². The van der Waals surface area contributed by atoms with Crippen LogP contribution < -0.4 is 5.32 Å². The van der Waals surface area contributed by atoms with Crippen LogP contribution in [0.1, 0.15) is 35.2 Å². The molecule has 136 valence electrons. The highest BCUT2D eigenvalue weighted by atomic mass is 19.4. The van der Waals surface area contributed by atoms with E-state index in [2.05, 4.69) is 5.32 Å². The minimum Gasteiger partial charge on any atom is -0.480 e. The standard InChI is InChI=1S/C17H19F3N2O3/c18-17(19,20)12-4-2-1-3-11(12)14(23)22-10-16(5-7-21-8-6-16)9-13(22)15(24)25/h1-4,13,21H,5-10H2,(H,24,25). The SMILES string of the molecule is O=C(O)C1CC2(CCNCC2)CN1C(=O)c1ccccc1C(F)(F)F. The van der Waals surface area contributed by atoms with Gasteiger partial charge in [0.05, 0.1) is 11.1 Å². The van der Waals surface area contributed by atoms with Gasteiger partial charge in [-0.25, -0.2) is 4.79 Å². The summed E-state index contributed by atoms with van der Waals surface area (Å²) in [6.45, 7) is 1.61. The van der Waals surface area contributed by atoms with Crippen molar-refractivity contribution in [2.24, 2.45) is 5.41 Å². The number of aliphatic carboxylic acids is 1. The first kappa shape index (κ1) is 17.7. The van der Waals surface area contributed by atoms with Crippen molar-refractivity contribution in [1.82, 2.24) is 10.2 Å². The molecule has 0 aliphatic carbocycles. The number of benzene rings is 1. The monoisotopic (exact) mass is 356 g/mol. The number of carbonyl (C=O) groups is 2. The molecule has 2 heterocycles. The minimum atomic E-state index is -4.67. The minimum absolute atomic E-state index is 0.177. The normalized spacial score (nSPS) is 23.0. The number of piperidine rings is 1. The second kappa shape index (κ2) is 6.33. The number of hydrogen-bond donors (Lipinski definition) is 2. The van der Waals surface area contributed by atoms with Crippen molar-refractivity contribution in [2.75, 3.05) is 19.6 Å². The summed E-state index contributed by atoms with van der Waals surface area (Å²) < 4.78 is 39.6. The molecular formula is C17H19F3N2O3. The Bertz CT molecular complexity index is 684. The zero-order valence-electron chi connectivity index (χ0n) is 13.5. The quantitative estimate of drug-likeness (QED) is 0.854. The van der Waals surface area contributed by atoms with Gasteiger partial charge < -0.3 is 15.3 Å². The van der Waals surface area contributed by atoms with E-state index in [9.17, 15) is 27.9 Å². The molecule has 0 radical (unpaired) electrons. The molecule has 2 N–H and O–H groups in total. The van der Waals surface area contributed by atoms with Crippen LogP contribution in [-0.4, -0.2) is 47.6 Å². The third-order valence-corrected chi connectivity index (χ3v) is 5.18. The van der Waals surface area contributed by atoms with Crippen molar-refractivity contribution in [2.45, 2.75) is 31.5 Å². The van der Waals surface area contributed by atoms with Crippen molar-refractivity contribution < 1.29 is 27.9 Å². The number of hydrogen-bond acceptors (Lipinski definition) is 3. The van der Waals surface area contributed by atoms with Gasteiger partial charge in [0.1, 0.15) is 6.04 Å². The Morgan fingerprint density at radius 2 is 1.84 bits per heavy atom. The van der Waals surface area contributed by atoms with E-state index < -0.39 is 35.2 Å². The molecule has 0 bridgehead atoms. The summed E-state index contributed by atoms with van der Waals surface area (Å²) in [6, 6.07) is 3.43. The summed E-state index contributed by atoms with van der Waals surface area (Å²) in [5, 5.41) is 12.7. The lowest BCUT2D eigenvalue weighted by molar-refractivity contribution is -0.141. The van der Waals surface area contributed by atoms with Crippen LogP contribution in [0.2, 0.25) is 0 Å². The fourth-order valence-electron chi connectivity index (χ4n) is 3.88. The maximum absolute atomic E-state index is 13.2. The number of carbonyl (C=O) groups excluding carboxylic acids is 1. The van der Waals surface area contributed by atoms with E-state index in [0.29, 0.717) is 25.9 Å². The lowest BCUT2D eigenvalue weighted by Crippen LogP contribution is -2.42. The van der Waals surface area contributed by atoms with Crippen LogP contribution in [0.25, 0.3) is 0 Å². The maximum Gasteiger partial charge on any atom is 0.417 e. The number of rotatable bonds is 2. The molecule has 1 spiro atoms. The highest BCUT2D eigenvalue weighted by Gasteiger charge is 2.50. The third-order valence-electron chi connectivity index (χ3n) is 5.18. The molecule has 1 aromatic carbocycles. The van der Waals surface area contributed by atoms with Crippen LogP contribution in [0.3, 0.4) is 0 Å². The molecule has 0 aromatic heterocycles. The topological polar surface area (TPSA) is 69.6 Å². The fourth-order valence-corrected chi connectivity index (χ4v) is 3.88. The van der Waals surface area contributed by atoms with Crippen molar-refractivity contribution in [3.8, 4) is 0 Å². The molecule has 1 atom stereocenters. The van der Waals surface area contributed by atoms with E-state index in [4.69, 9.17) is 0 Å². The third kappa shape index (κ3) is 3.35. The lowest BCUT2D eigenvalue weighted by Gasteiger charge is -2.33. The smallest absolute Gasteiger partial charge is 0.417 e. The van der Waals surface area contributed by atoms with Gasteiger partial charge in [-0.3, -0.25) is 4.79 Å². The Morgan fingerprint density at radius 1 is 1.20 bits per heavy atom. The number of halogens is 3. The van der Waals surface area contributed by atoms with Gasteiger partial charge in [-0.15, -0.1) is 0 Å². The Balaban J connectivity index is 1.94. The van der Waals surface area contributed by atoms with Crippen LogP contribution in [0, 0.1) is 5.41 Å². The summed E-state index contributed by atoms with van der Waals surface area (Å²) in [6.07, 6.45) is -2.97.